The number of benzene rings is 1. The lowest BCUT2D eigenvalue weighted by molar-refractivity contribution is 0.717. The first-order valence-corrected chi connectivity index (χ1v) is 5.59. The second kappa shape index (κ2) is 5.39. The van der Waals surface area contributed by atoms with E-state index in [1.807, 2.05) is 6.07 Å². The molecule has 0 unspecified atom stereocenters. The third-order valence-corrected chi connectivity index (χ3v) is 2.68. The SMILES string of the molecule is CCCCCc1ccc(N)c(N)c1C(=N)N. The van der Waals surface area contributed by atoms with E-state index in [1.54, 1.807) is 6.07 Å². The predicted octanol–water partition coefficient (Wildman–Crippen LogP) is 1.87. The number of unbranched alkanes of at least 4 members (excludes halogenated alkanes) is 2. The van der Waals surface area contributed by atoms with E-state index in [1.165, 1.54) is 12.8 Å². The van der Waals surface area contributed by atoms with Gasteiger partial charge in [-0.05, 0) is 24.5 Å². The Hall–Kier alpha value is -1.71. The van der Waals surface area contributed by atoms with Crippen LogP contribution in [-0.4, -0.2) is 5.84 Å². The molecule has 0 radical (unpaired) electrons. The number of anilines is 2. The lowest BCUT2D eigenvalue weighted by atomic mass is 9.98. The standard InChI is InChI=1S/C12H20N4/c1-2-3-4-5-8-6-7-9(13)11(14)10(8)12(15)16/h6-7H,2-5,13-14H2,1H3,(H3,15,16). The molecule has 1 aromatic rings. The number of rotatable bonds is 5. The van der Waals surface area contributed by atoms with Crippen molar-refractivity contribution >= 4 is 17.2 Å². The molecular weight excluding hydrogens is 200 g/mol. The smallest absolute Gasteiger partial charge is 0.125 e. The van der Waals surface area contributed by atoms with Crippen LogP contribution < -0.4 is 17.2 Å². The summed E-state index contributed by atoms with van der Waals surface area (Å²) in [7, 11) is 0. The van der Waals surface area contributed by atoms with Crippen molar-refractivity contribution in [2.45, 2.75) is 32.6 Å². The largest absolute Gasteiger partial charge is 0.397 e. The van der Waals surface area contributed by atoms with E-state index in [0.717, 1.165) is 18.4 Å². The minimum Gasteiger partial charge on any atom is -0.397 e. The van der Waals surface area contributed by atoms with E-state index in [4.69, 9.17) is 22.6 Å². The van der Waals surface area contributed by atoms with Crippen molar-refractivity contribution in [3.8, 4) is 0 Å². The highest BCUT2D eigenvalue weighted by Gasteiger charge is 2.11. The monoisotopic (exact) mass is 220 g/mol. The third kappa shape index (κ3) is 2.66. The Balaban J connectivity index is 2.99. The first kappa shape index (κ1) is 12.4. The topological polar surface area (TPSA) is 102 Å². The van der Waals surface area contributed by atoms with Crippen molar-refractivity contribution in [2.75, 3.05) is 11.5 Å². The molecule has 0 amide bonds. The molecule has 4 heteroatoms. The summed E-state index contributed by atoms with van der Waals surface area (Å²) in [6.45, 7) is 2.16. The van der Waals surface area contributed by atoms with Crippen LogP contribution in [0.25, 0.3) is 0 Å². The van der Waals surface area contributed by atoms with Gasteiger partial charge >= 0.3 is 0 Å². The first-order chi connectivity index (χ1) is 7.57. The Morgan fingerprint density at radius 3 is 2.50 bits per heavy atom. The van der Waals surface area contributed by atoms with Gasteiger partial charge in [0.2, 0.25) is 0 Å². The minimum absolute atomic E-state index is 0.00343. The van der Waals surface area contributed by atoms with Gasteiger partial charge in [-0.1, -0.05) is 25.8 Å². The van der Waals surface area contributed by atoms with E-state index >= 15 is 0 Å². The summed E-state index contributed by atoms with van der Waals surface area (Å²) >= 11 is 0. The van der Waals surface area contributed by atoms with E-state index in [0.29, 0.717) is 16.9 Å². The fraction of sp³-hybridized carbons (Fsp3) is 0.417. The molecule has 1 rings (SSSR count). The van der Waals surface area contributed by atoms with Crippen LogP contribution in [0.1, 0.15) is 37.3 Å². The van der Waals surface area contributed by atoms with Gasteiger partial charge in [-0.25, -0.2) is 0 Å². The third-order valence-electron chi connectivity index (χ3n) is 2.68. The molecule has 0 aliphatic heterocycles. The molecule has 16 heavy (non-hydrogen) atoms. The molecule has 0 bridgehead atoms. The number of aryl methyl sites for hydroxylation is 1. The molecule has 0 saturated carbocycles. The molecule has 4 nitrogen and oxygen atoms in total. The lowest BCUT2D eigenvalue weighted by Gasteiger charge is -2.12. The van der Waals surface area contributed by atoms with Crippen LogP contribution in [0.5, 0.6) is 0 Å². The molecule has 1 aromatic carbocycles. The Bertz CT molecular complexity index is 385. The Kier molecular flexibility index (Phi) is 4.17. The van der Waals surface area contributed by atoms with Crippen molar-refractivity contribution in [1.29, 1.82) is 5.41 Å². The molecular formula is C12H20N4. The van der Waals surface area contributed by atoms with Crippen LogP contribution in [0, 0.1) is 5.41 Å². The van der Waals surface area contributed by atoms with Crippen molar-refractivity contribution < 1.29 is 0 Å². The summed E-state index contributed by atoms with van der Waals surface area (Å²) in [4.78, 5) is 0. The maximum Gasteiger partial charge on any atom is 0.125 e. The molecule has 0 aliphatic carbocycles. The van der Waals surface area contributed by atoms with E-state index in [9.17, 15) is 0 Å². The molecule has 0 atom stereocenters. The maximum atomic E-state index is 7.54. The Morgan fingerprint density at radius 1 is 1.25 bits per heavy atom. The molecule has 0 spiro atoms. The zero-order valence-electron chi connectivity index (χ0n) is 9.72. The van der Waals surface area contributed by atoms with Crippen molar-refractivity contribution in [1.82, 2.24) is 0 Å². The zero-order chi connectivity index (χ0) is 12.1. The maximum absolute atomic E-state index is 7.54. The highest BCUT2D eigenvalue weighted by Crippen LogP contribution is 2.24. The summed E-state index contributed by atoms with van der Waals surface area (Å²) in [5.74, 6) is -0.00343. The number of amidine groups is 1. The van der Waals surface area contributed by atoms with Gasteiger partial charge in [-0.3, -0.25) is 5.41 Å². The summed E-state index contributed by atoms with van der Waals surface area (Å²) in [5, 5.41) is 7.54. The second-order valence-corrected chi connectivity index (χ2v) is 3.97. The zero-order valence-corrected chi connectivity index (χ0v) is 9.72. The molecule has 0 aliphatic rings. The number of nitrogens with two attached hydrogens (primary N) is 3. The van der Waals surface area contributed by atoms with Gasteiger partial charge in [0.05, 0.1) is 11.4 Å². The Labute approximate surface area is 96.3 Å². The second-order valence-electron chi connectivity index (χ2n) is 3.97. The minimum atomic E-state index is -0.00343. The van der Waals surface area contributed by atoms with E-state index in [-0.39, 0.29) is 5.84 Å². The molecule has 88 valence electrons. The normalized spacial score (nSPS) is 10.3. The van der Waals surface area contributed by atoms with Crippen LogP contribution in [0.2, 0.25) is 0 Å². The van der Waals surface area contributed by atoms with Gasteiger partial charge in [-0.15, -0.1) is 0 Å². The summed E-state index contributed by atoms with van der Waals surface area (Å²) in [6, 6.07) is 3.70. The van der Waals surface area contributed by atoms with Gasteiger partial charge in [-0.2, -0.15) is 0 Å². The summed E-state index contributed by atoms with van der Waals surface area (Å²) < 4.78 is 0. The average Bonchev–Trinajstić information content (AvgIpc) is 2.23. The van der Waals surface area contributed by atoms with Crippen molar-refractivity contribution in [2.24, 2.45) is 5.73 Å². The van der Waals surface area contributed by atoms with Gasteiger partial charge in [0, 0.05) is 5.56 Å². The number of nitrogens with one attached hydrogen (secondary N) is 1. The van der Waals surface area contributed by atoms with Gasteiger partial charge in [0.25, 0.3) is 0 Å². The fourth-order valence-electron chi connectivity index (χ4n) is 1.77. The van der Waals surface area contributed by atoms with Crippen molar-refractivity contribution in [3.63, 3.8) is 0 Å². The summed E-state index contributed by atoms with van der Waals surface area (Å²) in [5.41, 5.74) is 19.6. The van der Waals surface area contributed by atoms with Gasteiger partial charge in [0.1, 0.15) is 5.84 Å². The van der Waals surface area contributed by atoms with Gasteiger partial charge in [0.15, 0.2) is 0 Å². The van der Waals surface area contributed by atoms with E-state index in [2.05, 4.69) is 6.92 Å². The molecule has 0 saturated heterocycles. The van der Waals surface area contributed by atoms with Crippen LogP contribution in [-0.2, 0) is 6.42 Å². The highest BCUT2D eigenvalue weighted by molar-refractivity contribution is 6.03. The molecule has 0 aromatic heterocycles. The fourth-order valence-corrected chi connectivity index (χ4v) is 1.77. The number of nitrogen functional groups attached to an aromatic ring is 3. The summed E-state index contributed by atoms with van der Waals surface area (Å²) in [6.07, 6.45) is 4.31. The van der Waals surface area contributed by atoms with Crippen LogP contribution in [0.4, 0.5) is 11.4 Å². The van der Waals surface area contributed by atoms with Crippen molar-refractivity contribution in [3.05, 3.63) is 23.3 Å². The Morgan fingerprint density at radius 2 is 1.94 bits per heavy atom. The molecule has 7 N–H and O–H groups in total. The van der Waals surface area contributed by atoms with E-state index < -0.39 is 0 Å². The predicted molar refractivity (Wildman–Crippen MR) is 69.5 cm³/mol. The number of hydrogen-bond acceptors (Lipinski definition) is 3. The molecule has 0 fully saturated rings. The first-order valence-electron chi connectivity index (χ1n) is 5.59. The number of hydrogen-bond donors (Lipinski definition) is 4. The quantitative estimate of drug-likeness (QED) is 0.263. The van der Waals surface area contributed by atoms with Crippen LogP contribution >= 0.6 is 0 Å². The average molecular weight is 220 g/mol. The van der Waals surface area contributed by atoms with Crippen LogP contribution in [0.3, 0.4) is 0 Å². The highest BCUT2D eigenvalue weighted by atomic mass is 14.7. The molecule has 0 heterocycles. The van der Waals surface area contributed by atoms with Crippen LogP contribution in [0.15, 0.2) is 12.1 Å². The lowest BCUT2D eigenvalue weighted by Crippen LogP contribution is -2.17. The van der Waals surface area contributed by atoms with Gasteiger partial charge < -0.3 is 17.2 Å².